The number of hydrogen-bond acceptors (Lipinski definition) is 6. The van der Waals surface area contributed by atoms with Crippen molar-refractivity contribution in [3.8, 4) is 11.5 Å². The van der Waals surface area contributed by atoms with E-state index < -0.39 is 23.5 Å². The van der Waals surface area contributed by atoms with Crippen LogP contribution in [0.3, 0.4) is 0 Å². The van der Waals surface area contributed by atoms with Gasteiger partial charge in [0.2, 0.25) is 5.78 Å². The van der Waals surface area contributed by atoms with Gasteiger partial charge >= 0.3 is 0 Å². The summed E-state index contributed by atoms with van der Waals surface area (Å²) < 4.78 is 16.5. The Hall–Kier alpha value is -4.23. The molecule has 5 rings (SSSR count). The fraction of sp³-hybridized carbons (Fsp3) is 0.143. The summed E-state index contributed by atoms with van der Waals surface area (Å²) in [6.07, 6.45) is 0. The van der Waals surface area contributed by atoms with Crippen LogP contribution in [-0.2, 0) is 4.79 Å². The van der Waals surface area contributed by atoms with E-state index in [1.165, 1.54) is 25.2 Å². The maximum atomic E-state index is 13.8. The zero-order valence-corrected chi connectivity index (χ0v) is 20.5. The largest absolute Gasteiger partial charge is 0.503 e. The van der Waals surface area contributed by atoms with E-state index in [2.05, 4.69) is 0 Å². The van der Waals surface area contributed by atoms with Crippen LogP contribution in [-0.4, -0.2) is 31.0 Å². The summed E-state index contributed by atoms with van der Waals surface area (Å²) >= 11 is 6.17. The van der Waals surface area contributed by atoms with Gasteiger partial charge in [0.1, 0.15) is 5.75 Å². The second kappa shape index (κ2) is 9.09. The predicted octanol–water partition coefficient (Wildman–Crippen LogP) is 6.19. The Morgan fingerprint density at radius 2 is 1.81 bits per heavy atom. The van der Waals surface area contributed by atoms with Gasteiger partial charge in [-0.1, -0.05) is 47.5 Å². The molecule has 0 spiro atoms. The maximum Gasteiger partial charge on any atom is 0.294 e. The summed E-state index contributed by atoms with van der Waals surface area (Å²) in [5, 5.41) is 12.0. The summed E-state index contributed by atoms with van der Waals surface area (Å²) in [4.78, 5) is 28.6. The van der Waals surface area contributed by atoms with Crippen LogP contribution in [0.4, 0.5) is 5.69 Å². The smallest absolute Gasteiger partial charge is 0.294 e. The number of halogens is 1. The van der Waals surface area contributed by atoms with Crippen molar-refractivity contribution in [1.29, 1.82) is 0 Å². The van der Waals surface area contributed by atoms with E-state index in [1.807, 2.05) is 31.2 Å². The molecule has 0 bridgehead atoms. The van der Waals surface area contributed by atoms with Crippen molar-refractivity contribution in [2.45, 2.75) is 13.0 Å². The van der Waals surface area contributed by atoms with Crippen LogP contribution in [0.2, 0.25) is 5.02 Å². The molecule has 3 aromatic carbocycles. The third-order valence-corrected chi connectivity index (χ3v) is 6.35. The van der Waals surface area contributed by atoms with Crippen molar-refractivity contribution in [2.24, 2.45) is 0 Å². The number of ether oxygens (including phenoxy) is 2. The number of amides is 1. The lowest BCUT2D eigenvalue weighted by atomic mass is 9.94. The standard InChI is InChI=1S/C28H22ClNO6/c1-15-6-4-7-16(10-15)24-23(26(32)28(33)30(24)19-8-5-9-20(14-19)34-2)25(31)21-12-17-11-18(29)13-22(35-3)27(17)36-21/h4-14,24,32H,1-3H3. The molecule has 1 aromatic heterocycles. The highest BCUT2D eigenvalue weighted by Gasteiger charge is 2.45. The average molecular weight is 504 g/mol. The summed E-state index contributed by atoms with van der Waals surface area (Å²) in [5.74, 6) is -1.11. The van der Waals surface area contributed by atoms with Crippen LogP contribution in [0.1, 0.15) is 27.7 Å². The normalized spacial score (nSPS) is 15.6. The third-order valence-electron chi connectivity index (χ3n) is 6.13. The highest BCUT2D eigenvalue weighted by Crippen LogP contribution is 2.43. The summed E-state index contributed by atoms with van der Waals surface area (Å²) in [6.45, 7) is 1.91. The number of aryl methyl sites for hydroxylation is 1. The topological polar surface area (TPSA) is 89.2 Å². The number of carbonyl (C=O) groups is 2. The minimum atomic E-state index is -0.893. The number of benzene rings is 3. The number of anilines is 1. The fourth-order valence-electron chi connectivity index (χ4n) is 4.50. The van der Waals surface area contributed by atoms with Gasteiger partial charge in [0.25, 0.3) is 5.91 Å². The summed E-state index contributed by atoms with van der Waals surface area (Å²) in [6, 6.07) is 18.2. The van der Waals surface area contributed by atoms with Gasteiger partial charge in [0.05, 0.1) is 25.8 Å². The number of aliphatic hydroxyl groups is 1. The van der Waals surface area contributed by atoms with E-state index in [1.54, 1.807) is 36.4 Å². The Morgan fingerprint density at radius 1 is 1.03 bits per heavy atom. The number of nitrogens with zero attached hydrogens (tertiary/aromatic N) is 1. The zero-order chi connectivity index (χ0) is 25.6. The van der Waals surface area contributed by atoms with Crippen LogP contribution in [0, 0.1) is 6.92 Å². The third kappa shape index (κ3) is 3.87. The van der Waals surface area contributed by atoms with Gasteiger partial charge in [0.15, 0.2) is 22.9 Å². The zero-order valence-electron chi connectivity index (χ0n) is 19.7. The van der Waals surface area contributed by atoms with Gasteiger partial charge in [-0.25, -0.2) is 0 Å². The first-order chi connectivity index (χ1) is 17.3. The Bertz CT molecular complexity index is 1550. The molecule has 4 aromatic rings. The molecule has 1 aliphatic heterocycles. The van der Waals surface area contributed by atoms with Crippen molar-refractivity contribution in [3.63, 3.8) is 0 Å². The van der Waals surface area contributed by atoms with Crippen molar-refractivity contribution in [3.05, 3.63) is 100.0 Å². The number of rotatable bonds is 6. The minimum absolute atomic E-state index is 0.0509. The number of ketones is 1. The van der Waals surface area contributed by atoms with Crippen molar-refractivity contribution in [1.82, 2.24) is 0 Å². The molecular formula is C28H22ClNO6. The molecule has 1 atom stereocenters. The maximum absolute atomic E-state index is 13.8. The first kappa shape index (κ1) is 23.5. The number of hydrogen-bond donors (Lipinski definition) is 1. The van der Waals surface area contributed by atoms with Gasteiger partial charge in [-0.3, -0.25) is 14.5 Å². The van der Waals surface area contributed by atoms with Crippen LogP contribution in [0.25, 0.3) is 11.0 Å². The molecule has 182 valence electrons. The Kier molecular flexibility index (Phi) is 5.94. The second-order valence-corrected chi connectivity index (χ2v) is 8.86. The van der Waals surface area contributed by atoms with E-state index in [9.17, 15) is 14.7 Å². The molecule has 2 heterocycles. The number of aliphatic hydroxyl groups excluding tert-OH is 1. The van der Waals surface area contributed by atoms with Gasteiger partial charge in [0, 0.05) is 28.2 Å². The quantitative estimate of drug-likeness (QED) is 0.315. The Balaban J connectivity index is 1.67. The van der Waals surface area contributed by atoms with E-state index in [0.717, 1.165) is 5.56 Å². The molecule has 1 unspecified atom stereocenters. The lowest BCUT2D eigenvalue weighted by molar-refractivity contribution is -0.117. The molecule has 0 radical (unpaired) electrons. The molecule has 0 saturated carbocycles. The summed E-state index contributed by atoms with van der Waals surface area (Å²) in [7, 11) is 2.99. The molecule has 0 fully saturated rings. The first-order valence-corrected chi connectivity index (χ1v) is 11.5. The number of fused-ring (bicyclic) bond motifs is 1. The van der Waals surface area contributed by atoms with Crippen molar-refractivity contribution < 1.29 is 28.6 Å². The molecule has 8 heteroatoms. The predicted molar refractivity (Wildman–Crippen MR) is 136 cm³/mol. The van der Waals surface area contributed by atoms with Crippen LogP contribution in [0.15, 0.2) is 82.5 Å². The summed E-state index contributed by atoms with van der Waals surface area (Å²) in [5.41, 5.74) is 2.32. The fourth-order valence-corrected chi connectivity index (χ4v) is 4.72. The van der Waals surface area contributed by atoms with Gasteiger partial charge in [-0.05, 0) is 36.8 Å². The van der Waals surface area contributed by atoms with E-state index in [-0.39, 0.29) is 11.3 Å². The number of Topliss-reactive ketones (excluding diaryl/α,β-unsaturated/α-hetero) is 1. The van der Waals surface area contributed by atoms with Gasteiger partial charge in [-0.2, -0.15) is 0 Å². The van der Waals surface area contributed by atoms with Gasteiger partial charge < -0.3 is 19.0 Å². The monoisotopic (exact) mass is 503 g/mol. The van der Waals surface area contributed by atoms with Crippen molar-refractivity contribution in [2.75, 3.05) is 19.1 Å². The number of methoxy groups -OCH3 is 2. The van der Waals surface area contributed by atoms with Crippen LogP contribution >= 0.6 is 11.6 Å². The highest BCUT2D eigenvalue weighted by atomic mass is 35.5. The molecule has 0 aliphatic carbocycles. The number of carbonyl (C=O) groups excluding carboxylic acids is 2. The highest BCUT2D eigenvalue weighted by molar-refractivity contribution is 6.31. The number of furan rings is 1. The lowest BCUT2D eigenvalue weighted by Gasteiger charge is -2.27. The van der Waals surface area contributed by atoms with E-state index >= 15 is 0 Å². The SMILES string of the molecule is COc1cccc(N2C(=O)C(O)=C(C(=O)c3cc4cc(Cl)cc(OC)c4o3)C2c2cccc(C)c2)c1. The van der Waals surface area contributed by atoms with Crippen molar-refractivity contribution >= 4 is 39.9 Å². The molecular weight excluding hydrogens is 482 g/mol. The van der Waals surface area contributed by atoms with Gasteiger partial charge in [-0.15, -0.1) is 0 Å². The molecule has 1 N–H and O–H groups in total. The molecule has 1 amide bonds. The second-order valence-electron chi connectivity index (χ2n) is 8.42. The van der Waals surface area contributed by atoms with Crippen LogP contribution in [0.5, 0.6) is 11.5 Å². The van der Waals surface area contributed by atoms with E-state index in [4.69, 9.17) is 25.5 Å². The molecule has 36 heavy (non-hydrogen) atoms. The Labute approximate surface area is 212 Å². The first-order valence-electron chi connectivity index (χ1n) is 11.1. The average Bonchev–Trinajstić information content (AvgIpc) is 3.42. The molecule has 1 aliphatic rings. The molecule has 7 nitrogen and oxygen atoms in total. The lowest BCUT2D eigenvalue weighted by Crippen LogP contribution is -2.31. The van der Waals surface area contributed by atoms with Crippen LogP contribution < -0.4 is 14.4 Å². The Morgan fingerprint density at radius 3 is 2.53 bits per heavy atom. The minimum Gasteiger partial charge on any atom is -0.503 e. The van der Waals surface area contributed by atoms with E-state index in [0.29, 0.717) is 38.7 Å². The molecule has 0 saturated heterocycles.